The standard InChI is InChI=1S/C12H16N2O4S3/c1-21(17,18)11-4-2-3-10(12(11)14(15)16)13-7-9-8-19-5-6-20-9/h2-4,9,13H,5-8H2,1H3. The van der Waals surface area contributed by atoms with Gasteiger partial charge in [-0.2, -0.15) is 23.5 Å². The molecule has 0 amide bonds. The molecule has 1 aliphatic heterocycles. The summed E-state index contributed by atoms with van der Waals surface area (Å²) < 4.78 is 23.4. The first-order valence-electron chi connectivity index (χ1n) is 6.30. The SMILES string of the molecule is CS(=O)(=O)c1cccc(NCC2CSCCS2)c1[N+](=O)[O-]. The van der Waals surface area contributed by atoms with Gasteiger partial charge < -0.3 is 5.32 Å². The molecule has 2 rings (SSSR count). The lowest BCUT2D eigenvalue weighted by Gasteiger charge is -2.21. The molecule has 9 heteroatoms. The van der Waals surface area contributed by atoms with Crippen molar-refractivity contribution in [3.05, 3.63) is 28.3 Å². The first kappa shape index (κ1) is 16.4. The van der Waals surface area contributed by atoms with E-state index >= 15 is 0 Å². The number of benzene rings is 1. The number of hydrogen-bond donors (Lipinski definition) is 1. The minimum atomic E-state index is -3.64. The number of nitro benzene ring substituents is 1. The van der Waals surface area contributed by atoms with Crippen molar-refractivity contribution in [3.8, 4) is 0 Å². The zero-order valence-corrected chi connectivity index (χ0v) is 13.9. The minimum absolute atomic E-state index is 0.247. The van der Waals surface area contributed by atoms with Gasteiger partial charge in [-0.3, -0.25) is 10.1 Å². The van der Waals surface area contributed by atoms with E-state index in [1.54, 1.807) is 6.07 Å². The van der Waals surface area contributed by atoms with E-state index in [1.807, 2.05) is 23.5 Å². The Kier molecular flexibility index (Phi) is 5.39. The van der Waals surface area contributed by atoms with E-state index in [-0.39, 0.29) is 16.3 Å². The summed E-state index contributed by atoms with van der Waals surface area (Å²) in [5, 5.41) is 14.6. The number of thioether (sulfide) groups is 2. The highest BCUT2D eigenvalue weighted by Crippen LogP contribution is 2.32. The monoisotopic (exact) mass is 348 g/mol. The molecule has 1 heterocycles. The van der Waals surface area contributed by atoms with E-state index in [0.29, 0.717) is 11.8 Å². The molecule has 1 aromatic rings. The fourth-order valence-corrected chi connectivity index (χ4v) is 5.50. The number of nitro groups is 1. The Morgan fingerprint density at radius 1 is 1.43 bits per heavy atom. The molecule has 116 valence electrons. The van der Waals surface area contributed by atoms with Crippen LogP contribution in [-0.2, 0) is 9.84 Å². The average molecular weight is 348 g/mol. The first-order chi connectivity index (χ1) is 9.89. The summed E-state index contributed by atoms with van der Waals surface area (Å²) >= 11 is 3.70. The number of hydrogen-bond acceptors (Lipinski definition) is 7. The van der Waals surface area contributed by atoms with Gasteiger partial charge in [0.15, 0.2) is 9.84 Å². The third kappa shape index (κ3) is 4.27. The second kappa shape index (κ2) is 6.89. The van der Waals surface area contributed by atoms with Crippen LogP contribution in [0.15, 0.2) is 23.1 Å². The molecule has 1 aliphatic rings. The minimum Gasteiger partial charge on any atom is -0.378 e. The van der Waals surface area contributed by atoms with Crippen LogP contribution in [0.1, 0.15) is 0 Å². The molecule has 1 atom stereocenters. The molecule has 1 aromatic carbocycles. The summed E-state index contributed by atoms with van der Waals surface area (Å²) in [6, 6.07) is 4.34. The zero-order valence-electron chi connectivity index (χ0n) is 11.4. The third-order valence-corrected chi connectivity index (χ3v) is 6.96. The van der Waals surface area contributed by atoms with E-state index in [2.05, 4.69) is 5.32 Å². The molecule has 1 fully saturated rings. The Morgan fingerprint density at radius 3 is 2.76 bits per heavy atom. The predicted octanol–water partition coefficient (Wildman–Crippen LogP) is 2.26. The topological polar surface area (TPSA) is 89.3 Å². The molecule has 6 nitrogen and oxygen atoms in total. The summed E-state index contributed by atoms with van der Waals surface area (Å²) in [6.07, 6.45) is 0.979. The summed E-state index contributed by atoms with van der Waals surface area (Å²) in [5.41, 5.74) is -0.104. The molecule has 1 N–H and O–H groups in total. The highest BCUT2D eigenvalue weighted by molar-refractivity contribution is 8.06. The molecule has 0 aliphatic carbocycles. The number of anilines is 1. The molecular weight excluding hydrogens is 332 g/mol. The molecule has 0 radical (unpaired) electrons. The lowest BCUT2D eigenvalue weighted by Crippen LogP contribution is -2.23. The molecule has 1 unspecified atom stereocenters. The largest absolute Gasteiger partial charge is 0.378 e. The Labute approximate surface area is 132 Å². The summed E-state index contributed by atoms with van der Waals surface area (Å²) in [5.74, 6) is 3.20. The lowest BCUT2D eigenvalue weighted by atomic mass is 10.2. The number of sulfone groups is 1. The Hall–Kier alpha value is -0.930. The summed E-state index contributed by atoms with van der Waals surface area (Å²) in [4.78, 5) is 10.3. The van der Waals surface area contributed by atoms with Gasteiger partial charge in [0.2, 0.25) is 0 Å². The van der Waals surface area contributed by atoms with Crippen LogP contribution in [0.25, 0.3) is 0 Å². The van der Waals surface area contributed by atoms with E-state index < -0.39 is 14.8 Å². The van der Waals surface area contributed by atoms with Gasteiger partial charge in [-0.1, -0.05) is 6.07 Å². The van der Waals surface area contributed by atoms with E-state index in [4.69, 9.17) is 0 Å². The van der Waals surface area contributed by atoms with E-state index in [9.17, 15) is 18.5 Å². The quantitative estimate of drug-likeness (QED) is 0.645. The van der Waals surface area contributed by atoms with Crippen molar-refractivity contribution in [2.24, 2.45) is 0 Å². The summed E-state index contributed by atoms with van der Waals surface area (Å²) in [7, 11) is -3.64. The van der Waals surface area contributed by atoms with Crippen molar-refractivity contribution in [2.75, 3.05) is 35.4 Å². The Balaban J connectivity index is 2.24. The number of nitrogens with zero attached hydrogens (tertiary/aromatic N) is 1. The number of para-hydroxylation sites is 1. The maximum Gasteiger partial charge on any atom is 0.310 e. The van der Waals surface area contributed by atoms with Gasteiger partial charge in [0.1, 0.15) is 10.6 Å². The normalized spacial score (nSPS) is 19.2. The Morgan fingerprint density at radius 2 is 2.19 bits per heavy atom. The molecule has 0 aromatic heterocycles. The van der Waals surface area contributed by atoms with Gasteiger partial charge >= 0.3 is 5.69 Å². The van der Waals surface area contributed by atoms with Gasteiger partial charge in [-0.15, -0.1) is 0 Å². The van der Waals surface area contributed by atoms with E-state index in [0.717, 1.165) is 23.5 Å². The van der Waals surface area contributed by atoms with Gasteiger partial charge in [0.05, 0.1) is 4.92 Å². The van der Waals surface area contributed by atoms with Crippen molar-refractivity contribution in [2.45, 2.75) is 10.1 Å². The predicted molar refractivity (Wildman–Crippen MR) is 88.3 cm³/mol. The number of rotatable bonds is 5. The van der Waals surface area contributed by atoms with Crippen LogP contribution >= 0.6 is 23.5 Å². The first-order valence-corrected chi connectivity index (χ1v) is 10.4. The van der Waals surface area contributed by atoms with Crippen LogP contribution in [0, 0.1) is 10.1 Å². The van der Waals surface area contributed by atoms with Crippen molar-refractivity contribution in [1.29, 1.82) is 0 Å². The molecule has 0 spiro atoms. The molecular formula is C12H16N2O4S3. The van der Waals surface area contributed by atoms with Gasteiger partial charge in [0.25, 0.3) is 0 Å². The van der Waals surface area contributed by atoms with Crippen molar-refractivity contribution >= 4 is 44.7 Å². The van der Waals surface area contributed by atoms with Crippen LogP contribution in [0.3, 0.4) is 0 Å². The maximum atomic E-state index is 11.7. The number of nitrogens with one attached hydrogen (secondary N) is 1. The van der Waals surface area contributed by atoms with Gasteiger partial charge in [-0.05, 0) is 12.1 Å². The van der Waals surface area contributed by atoms with Gasteiger partial charge in [-0.25, -0.2) is 8.42 Å². The molecule has 1 saturated heterocycles. The van der Waals surface area contributed by atoms with Crippen LogP contribution in [0.4, 0.5) is 11.4 Å². The highest BCUT2D eigenvalue weighted by atomic mass is 32.2. The maximum absolute atomic E-state index is 11.7. The van der Waals surface area contributed by atoms with E-state index in [1.165, 1.54) is 12.1 Å². The second-order valence-electron chi connectivity index (χ2n) is 4.63. The lowest BCUT2D eigenvalue weighted by molar-refractivity contribution is -0.386. The van der Waals surface area contributed by atoms with Crippen molar-refractivity contribution < 1.29 is 13.3 Å². The van der Waals surface area contributed by atoms with Crippen LogP contribution in [-0.4, -0.2) is 48.7 Å². The fourth-order valence-electron chi connectivity index (χ4n) is 2.03. The summed E-state index contributed by atoms with van der Waals surface area (Å²) in [6.45, 7) is 0.589. The smallest absolute Gasteiger partial charge is 0.310 e. The van der Waals surface area contributed by atoms with Crippen LogP contribution in [0.2, 0.25) is 0 Å². The molecule has 21 heavy (non-hydrogen) atoms. The molecule has 0 saturated carbocycles. The second-order valence-corrected chi connectivity index (χ2v) is 9.17. The zero-order chi connectivity index (χ0) is 15.5. The fraction of sp³-hybridized carbons (Fsp3) is 0.500. The van der Waals surface area contributed by atoms with Crippen molar-refractivity contribution in [3.63, 3.8) is 0 Å². The highest BCUT2D eigenvalue weighted by Gasteiger charge is 2.26. The Bertz CT molecular complexity index is 627. The van der Waals surface area contributed by atoms with Crippen LogP contribution in [0.5, 0.6) is 0 Å². The average Bonchev–Trinajstić information content (AvgIpc) is 2.44. The van der Waals surface area contributed by atoms with Gasteiger partial charge in [0, 0.05) is 35.3 Å². The third-order valence-electron chi connectivity index (χ3n) is 2.99. The van der Waals surface area contributed by atoms with Crippen LogP contribution < -0.4 is 5.32 Å². The van der Waals surface area contributed by atoms with Crippen molar-refractivity contribution in [1.82, 2.24) is 0 Å². The molecule has 0 bridgehead atoms.